The zero-order chi connectivity index (χ0) is 28.5. The Hall–Kier alpha value is -3.44. The van der Waals surface area contributed by atoms with E-state index in [1.807, 2.05) is 62.5 Å². The van der Waals surface area contributed by atoms with Crippen molar-refractivity contribution in [1.29, 1.82) is 0 Å². The molecule has 2 aromatic carbocycles. The predicted molar refractivity (Wildman–Crippen MR) is 161 cm³/mol. The highest BCUT2D eigenvalue weighted by molar-refractivity contribution is 8.14. The van der Waals surface area contributed by atoms with Crippen LogP contribution in [0.3, 0.4) is 0 Å². The number of rotatable bonds is 11. The zero-order valence-corrected chi connectivity index (χ0v) is 24.8. The van der Waals surface area contributed by atoms with Gasteiger partial charge < -0.3 is 20.1 Å². The maximum Gasteiger partial charge on any atom is 0.230 e. The number of aromatic nitrogens is 2. The second kappa shape index (κ2) is 14.3. The Balaban J connectivity index is 1.24. The molecular weight excluding hydrogens is 546 g/mol. The third kappa shape index (κ3) is 8.28. The molecule has 1 aromatic heterocycles. The van der Waals surface area contributed by atoms with Crippen LogP contribution in [0, 0.1) is 5.92 Å². The Morgan fingerprint density at radius 1 is 0.975 bits per heavy atom. The maximum absolute atomic E-state index is 12.6. The summed E-state index contributed by atoms with van der Waals surface area (Å²) in [5, 5.41) is 16.9. The number of amides is 2. The Bertz CT molecular complexity index is 1310. The molecule has 0 aliphatic heterocycles. The lowest BCUT2D eigenvalue weighted by molar-refractivity contribution is -0.120. The first-order valence-corrected chi connectivity index (χ1v) is 14.9. The normalized spacial score (nSPS) is 17.8. The van der Waals surface area contributed by atoms with Gasteiger partial charge >= 0.3 is 0 Å². The number of carbonyl (C=O) groups is 2. The van der Waals surface area contributed by atoms with Crippen LogP contribution in [0.2, 0.25) is 0 Å². The quantitative estimate of drug-likeness (QED) is 0.184. The highest BCUT2D eigenvalue weighted by atomic mass is 32.2. The lowest BCUT2D eigenvalue weighted by Crippen LogP contribution is -2.33. The molecule has 1 saturated carbocycles. The number of aliphatic imine (C=N–C) groups is 1. The Kier molecular flexibility index (Phi) is 10.5. The molecule has 0 spiro atoms. The maximum atomic E-state index is 12.6. The van der Waals surface area contributed by atoms with Gasteiger partial charge in [-0.1, -0.05) is 47.4 Å². The number of nitrogens with zero attached hydrogens (tertiary/aromatic N) is 3. The van der Waals surface area contributed by atoms with Crippen molar-refractivity contribution in [2.45, 2.75) is 50.3 Å². The molecule has 11 heteroatoms. The summed E-state index contributed by atoms with van der Waals surface area (Å²) in [6, 6.07) is 14.9. The molecule has 4 rings (SSSR count). The molecule has 40 heavy (non-hydrogen) atoms. The van der Waals surface area contributed by atoms with Crippen LogP contribution in [0.4, 0.5) is 5.13 Å². The first-order chi connectivity index (χ1) is 19.4. The number of nitrogens with one attached hydrogen (secondary N) is 2. The Morgan fingerprint density at radius 2 is 1.57 bits per heavy atom. The van der Waals surface area contributed by atoms with Gasteiger partial charge in [0.2, 0.25) is 16.9 Å². The molecule has 2 amide bonds. The van der Waals surface area contributed by atoms with E-state index in [9.17, 15) is 9.59 Å². The van der Waals surface area contributed by atoms with Crippen molar-refractivity contribution in [2.75, 3.05) is 26.6 Å². The Morgan fingerprint density at radius 3 is 2.15 bits per heavy atom. The van der Waals surface area contributed by atoms with Crippen molar-refractivity contribution in [2.24, 2.45) is 10.9 Å². The Labute approximate surface area is 243 Å². The van der Waals surface area contributed by atoms with Gasteiger partial charge in [0.05, 0.1) is 37.5 Å². The van der Waals surface area contributed by atoms with Gasteiger partial charge in [0.1, 0.15) is 16.5 Å². The number of ether oxygens (including phenoxy) is 2. The van der Waals surface area contributed by atoms with Gasteiger partial charge in [0, 0.05) is 18.9 Å². The molecule has 0 radical (unpaired) electrons. The average molecular weight is 582 g/mol. The number of methoxy groups -OCH3 is 2. The van der Waals surface area contributed by atoms with Gasteiger partial charge in [-0.2, -0.15) is 0 Å². The molecule has 1 aliphatic rings. The van der Waals surface area contributed by atoms with E-state index in [2.05, 4.69) is 25.8 Å². The fraction of sp³-hybridized carbons (Fsp3) is 0.414. The fourth-order valence-corrected chi connectivity index (χ4v) is 6.69. The van der Waals surface area contributed by atoms with Gasteiger partial charge in [0.25, 0.3) is 0 Å². The van der Waals surface area contributed by atoms with E-state index < -0.39 is 0 Å². The summed E-state index contributed by atoms with van der Waals surface area (Å²) in [6.07, 6.45) is 3.47. The fourth-order valence-electron chi connectivity index (χ4n) is 4.72. The van der Waals surface area contributed by atoms with Crippen molar-refractivity contribution in [3.63, 3.8) is 0 Å². The molecule has 3 aromatic rings. The minimum Gasteiger partial charge on any atom is -0.497 e. The highest BCUT2D eigenvalue weighted by Gasteiger charge is 2.32. The SMILES string of the molecule is CN=C(SC(C)NC(=O)Cc1ccc(OC)cc1)C1CCC(c2nnc(NC(=O)Cc3ccc(OC)cc3)s2)C1. The third-order valence-corrected chi connectivity index (χ3v) is 8.98. The standard InChI is InChI=1S/C29H35N5O4S2/c1-18(31-25(35)15-19-5-11-23(37-3)12-6-19)39-27(30-2)21-9-10-22(17-21)28-33-34-29(40-28)32-26(36)16-20-7-13-24(38-4)14-8-20/h5-8,11-14,18,21-22H,9-10,15-17H2,1-4H3,(H,31,35)(H,32,34,36). The van der Waals surface area contributed by atoms with E-state index >= 15 is 0 Å². The molecule has 2 N–H and O–H groups in total. The summed E-state index contributed by atoms with van der Waals surface area (Å²) < 4.78 is 10.3. The molecule has 212 valence electrons. The molecule has 1 heterocycles. The monoisotopic (exact) mass is 581 g/mol. The molecule has 1 fully saturated rings. The molecule has 0 bridgehead atoms. The van der Waals surface area contributed by atoms with Crippen LogP contribution in [-0.2, 0) is 22.4 Å². The van der Waals surface area contributed by atoms with Crippen LogP contribution in [0.1, 0.15) is 48.2 Å². The topological polar surface area (TPSA) is 115 Å². The van der Waals surface area contributed by atoms with Gasteiger partial charge in [0.15, 0.2) is 0 Å². The summed E-state index contributed by atoms with van der Waals surface area (Å²) in [4.78, 5) is 29.6. The van der Waals surface area contributed by atoms with Gasteiger partial charge in [-0.25, -0.2) is 0 Å². The third-order valence-electron chi connectivity index (χ3n) is 6.75. The first kappa shape index (κ1) is 29.5. The van der Waals surface area contributed by atoms with Gasteiger partial charge in [-0.15, -0.1) is 10.2 Å². The smallest absolute Gasteiger partial charge is 0.230 e. The lowest BCUT2D eigenvalue weighted by Gasteiger charge is -2.18. The summed E-state index contributed by atoms with van der Waals surface area (Å²) in [5.41, 5.74) is 1.84. The van der Waals surface area contributed by atoms with Crippen LogP contribution in [-0.4, -0.2) is 53.7 Å². The second-order valence-corrected chi connectivity index (χ2v) is 12.0. The van der Waals surface area contributed by atoms with Crippen molar-refractivity contribution < 1.29 is 19.1 Å². The summed E-state index contributed by atoms with van der Waals surface area (Å²) in [7, 11) is 5.04. The molecule has 9 nitrogen and oxygen atoms in total. The minimum atomic E-state index is -0.128. The number of anilines is 1. The number of thioether (sulfide) groups is 1. The van der Waals surface area contributed by atoms with Crippen molar-refractivity contribution >= 4 is 45.1 Å². The van der Waals surface area contributed by atoms with Gasteiger partial charge in [-0.05, 0) is 61.6 Å². The summed E-state index contributed by atoms with van der Waals surface area (Å²) >= 11 is 3.04. The lowest BCUT2D eigenvalue weighted by atomic mass is 10.1. The van der Waals surface area contributed by atoms with Crippen LogP contribution >= 0.6 is 23.1 Å². The average Bonchev–Trinajstić information content (AvgIpc) is 3.62. The largest absolute Gasteiger partial charge is 0.497 e. The van der Waals surface area contributed by atoms with Gasteiger partial charge in [-0.3, -0.25) is 14.6 Å². The van der Waals surface area contributed by atoms with E-state index in [1.165, 1.54) is 11.3 Å². The summed E-state index contributed by atoms with van der Waals surface area (Å²) in [5.74, 6) is 1.94. The zero-order valence-electron chi connectivity index (χ0n) is 23.2. The van der Waals surface area contributed by atoms with Crippen molar-refractivity contribution in [3.05, 3.63) is 64.7 Å². The first-order valence-electron chi connectivity index (χ1n) is 13.2. The number of hydrogen-bond donors (Lipinski definition) is 2. The van der Waals surface area contributed by atoms with E-state index in [0.29, 0.717) is 17.5 Å². The van der Waals surface area contributed by atoms with E-state index in [1.54, 1.807) is 26.0 Å². The molecule has 3 atom stereocenters. The predicted octanol–water partition coefficient (Wildman–Crippen LogP) is 5.09. The van der Waals surface area contributed by atoms with Crippen LogP contribution in [0.15, 0.2) is 53.5 Å². The molecule has 1 aliphatic carbocycles. The minimum absolute atomic E-state index is 0.0275. The summed E-state index contributed by atoms with van der Waals surface area (Å²) in [6.45, 7) is 1.99. The van der Waals surface area contributed by atoms with E-state index in [4.69, 9.17) is 9.47 Å². The second-order valence-electron chi connectivity index (χ2n) is 9.64. The van der Waals surface area contributed by atoms with E-state index in [-0.39, 0.29) is 29.5 Å². The van der Waals surface area contributed by atoms with Crippen LogP contribution in [0.25, 0.3) is 0 Å². The van der Waals surface area contributed by atoms with Crippen LogP contribution < -0.4 is 20.1 Å². The van der Waals surface area contributed by atoms with Crippen LogP contribution in [0.5, 0.6) is 11.5 Å². The van der Waals surface area contributed by atoms with Crippen molar-refractivity contribution in [1.82, 2.24) is 15.5 Å². The highest BCUT2D eigenvalue weighted by Crippen LogP contribution is 2.42. The van der Waals surface area contributed by atoms with E-state index in [0.717, 1.165) is 51.9 Å². The van der Waals surface area contributed by atoms with Crippen molar-refractivity contribution in [3.8, 4) is 11.5 Å². The molecule has 3 unspecified atom stereocenters. The number of benzene rings is 2. The molecule has 0 saturated heterocycles. The molecular formula is C29H35N5O4S2. The number of carbonyl (C=O) groups excluding carboxylic acids is 2. The number of hydrogen-bond acceptors (Lipinski definition) is 9.